The van der Waals surface area contributed by atoms with Crippen molar-refractivity contribution in [3.63, 3.8) is 0 Å². The maximum atomic E-state index is 5.44. The lowest BCUT2D eigenvalue weighted by Gasteiger charge is -2.21. The average Bonchev–Trinajstić information content (AvgIpc) is 2.93. The van der Waals surface area contributed by atoms with Crippen LogP contribution >= 0.6 is 0 Å². The van der Waals surface area contributed by atoms with Crippen molar-refractivity contribution in [2.45, 2.75) is 64.2 Å². The first-order chi connectivity index (χ1) is 8.85. The lowest BCUT2D eigenvalue weighted by molar-refractivity contribution is 0.211. The molecule has 0 spiro atoms. The highest BCUT2D eigenvalue weighted by atomic mass is 16.5. The van der Waals surface area contributed by atoms with Gasteiger partial charge >= 0.3 is 0 Å². The van der Waals surface area contributed by atoms with E-state index in [4.69, 9.17) is 4.52 Å². The number of hydrogen-bond donors (Lipinski definition) is 1. The molecule has 2 aliphatic rings. The van der Waals surface area contributed by atoms with Crippen LogP contribution in [0.15, 0.2) is 10.6 Å². The Morgan fingerprint density at radius 1 is 1.44 bits per heavy atom. The SMILES string of the molecule is CCC1CCCN1Cc1cc(CNC2CC2)no1. The molecule has 4 nitrogen and oxygen atoms in total. The second kappa shape index (κ2) is 5.41. The zero-order chi connectivity index (χ0) is 12.4. The van der Waals surface area contributed by atoms with Gasteiger partial charge in [-0.15, -0.1) is 0 Å². The van der Waals surface area contributed by atoms with Gasteiger partial charge in [0.05, 0.1) is 12.2 Å². The maximum absolute atomic E-state index is 5.44. The first kappa shape index (κ1) is 12.2. The van der Waals surface area contributed by atoms with Gasteiger partial charge in [-0.1, -0.05) is 12.1 Å². The Hall–Kier alpha value is -0.870. The van der Waals surface area contributed by atoms with Gasteiger partial charge in [-0.2, -0.15) is 0 Å². The van der Waals surface area contributed by atoms with Gasteiger partial charge in [0.25, 0.3) is 0 Å². The molecule has 1 saturated carbocycles. The molecule has 1 unspecified atom stereocenters. The summed E-state index contributed by atoms with van der Waals surface area (Å²) in [4.78, 5) is 2.53. The van der Waals surface area contributed by atoms with Crippen LogP contribution in [-0.2, 0) is 13.1 Å². The summed E-state index contributed by atoms with van der Waals surface area (Å²) in [5.41, 5.74) is 1.05. The maximum Gasteiger partial charge on any atom is 0.151 e. The minimum atomic E-state index is 0.730. The molecular weight excluding hydrogens is 226 g/mol. The fourth-order valence-electron chi connectivity index (χ4n) is 2.82. The fourth-order valence-corrected chi connectivity index (χ4v) is 2.82. The predicted octanol–water partition coefficient (Wildman–Crippen LogP) is 2.30. The van der Waals surface area contributed by atoms with Crippen LogP contribution in [0.5, 0.6) is 0 Å². The van der Waals surface area contributed by atoms with E-state index in [0.717, 1.165) is 36.6 Å². The molecule has 1 atom stereocenters. The summed E-state index contributed by atoms with van der Waals surface area (Å²) in [5, 5.41) is 7.61. The average molecular weight is 249 g/mol. The van der Waals surface area contributed by atoms with E-state index < -0.39 is 0 Å². The van der Waals surface area contributed by atoms with Gasteiger partial charge in [-0.3, -0.25) is 4.90 Å². The van der Waals surface area contributed by atoms with Gasteiger partial charge in [0, 0.05) is 24.7 Å². The molecule has 0 aromatic carbocycles. The highest BCUT2D eigenvalue weighted by molar-refractivity contribution is 5.06. The zero-order valence-electron chi connectivity index (χ0n) is 11.2. The quantitative estimate of drug-likeness (QED) is 0.840. The van der Waals surface area contributed by atoms with Crippen LogP contribution in [0.4, 0.5) is 0 Å². The standard InChI is InChI=1S/C14H23N3O/c1-2-13-4-3-7-17(13)10-14-8-12(16-18-14)9-15-11-5-6-11/h8,11,13,15H,2-7,9-10H2,1H3. The topological polar surface area (TPSA) is 41.3 Å². The van der Waals surface area contributed by atoms with E-state index in [1.54, 1.807) is 0 Å². The molecule has 1 aromatic heterocycles. The Morgan fingerprint density at radius 2 is 2.33 bits per heavy atom. The second-order valence-electron chi connectivity index (χ2n) is 5.61. The summed E-state index contributed by atoms with van der Waals surface area (Å²) in [5.74, 6) is 1.02. The molecule has 4 heteroatoms. The molecule has 1 saturated heterocycles. The fraction of sp³-hybridized carbons (Fsp3) is 0.786. The third-order valence-electron chi connectivity index (χ3n) is 4.09. The van der Waals surface area contributed by atoms with Crippen molar-refractivity contribution in [1.82, 2.24) is 15.4 Å². The van der Waals surface area contributed by atoms with Gasteiger partial charge in [-0.05, 0) is 38.6 Å². The van der Waals surface area contributed by atoms with E-state index in [0.29, 0.717) is 0 Å². The Labute approximate surface area is 109 Å². The molecular formula is C14H23N3O. The van der Waals surface area contributed by atoms with Gasteiger partial charge in [0.1, 0.15) is 0 Å². The summed E-state index contributed by atoms with van der Waals surface area (Å²) in [6.07, 6.45) is 6.53. The molecule has 1 aliphatic carbocycles. The van der Waals surface area contributed by atoms with Crippen molar-refractivity contribution in [2.75, 3.05) is 6.54 Å². The number of nitrogens with one attached hydrogen (secondary N) is 1. The molecule has 3 rings (SSSR count). The van der Waals surface area contributed by atoms with E-state index >= 15 is 0 Å². The monoisotopic (exact) mass is 249 g/mol. The smallest absolute Gasteiger partial charge is 0.151 e. The molecule has 0 bridgehead atoms. The van der Waals surface area contributed by atoms with Crippen molar-refractivity contribution >= 4 is 0 Å². The second-order valence-corrected chi connectivity index (χ2v) is 5.61. The lowest BCUT2D eigenvalue weighted by atomic mass is 10.2. The van der Waals surface area contributed by atoms with Crippen LogP contribution in [0, 0.1) is 0 Å². The van der Waals surface area contributed by atoms with E-state index in [1.165, 1.54) is 38.6 Å². The minimum Gasteiger partial charge on any atom is -0.360 e. The first-order valence-corrected chi connectivity index (χ1v) is 7.27. The summed E-state index contributed by atoms with van der Waals surface area (Å²) in [6.45, 7) is 5.25. The highest BCUT2D eigenvalue weighted by Gasteiger charge is 2.24. The third-order valence-corrected chi connectivity index (χ3v) is 4.09. The number of hydrogen-bond acceptors (Lipinski definition) is 4. The summed E-state index contributed by atoms with van der Waals surface area (Å²) < 4.78 is 5.44. The molecule has 18 heavy (non-hydrogen) atoms. The van der Waals surface area contributed by atoms with Crippen molar-refractivity contribution < 1.29 is 4.52 Å². The molecule has 100 valence electrons. The number of rotatable bonds is 6. The number of nitrogens with zero attached hydrogens (tertiary/aromatic N) is 2. The molecule has 2 fully saturated rings. The van der Waals surface area contributed by atoms with Gasteiger partial charge in [-0.25, -0.2) is 0 Å². The molecule has 1 aliphatic heterocycles. The van der Waals surface area contributed by atoms with E-state index in [1.807, 2.05) is 0 Å². The summed E-state index contributed by atoms with van der Waals surface area (Å²) in [6, 6.07) is 3.58. The molecule has 0 radical (unpaired) electrons. The Morgan fingerprint density at radius 3 is 3.11 bits per heavy atom. The molecule has 1 aromatic rings. The number of aromatic nitrogens is 1. The van der Waals surface area contributed by atoms with Crippen LogP contribution in [0.2, 0.25) is 0 Å². The van der Waals surface area contributed by atoms with Gasteiger partial charge in [0.15, 0.2) is 5.76 Å². The Balaban J connectivity index is 1.52. The predicted molar refractivity (Wildman–Crippen MR) is 70.1 cm³/mol. The summed E-state index contributed by atoms with van der Waals surface area (Å²) in [7, 11) is 0. The largest absolute Gasteiger partial charge is 0.360 e. The van der Waals surface area contributed by atoms with Crippen molar-refractivity contribution in [3.8, 4) is 0 Å². The van der Waals surface area contributed by atoms with Crippen LogP contribution in [0.25, 0.3) is 0 Å². The van der Waals surface area contributed by atoms with E-state index in [9.17, 15) is 0 Å². The molecule has 1 N–H and O–H groups in total. The van der Waals surface area contributed by atoms with Gasteiger partial charge < -0.3 is 9.84 Å². The first-order valence-electron chi connectivity index (χ1n) is 7.27. The minimum absolute atomic E-state index is 0.730. The Bertz CT molecular complexity index is 386. The van der Waals surface area contributed by atoms with Crippen LogP contribution in [0.3, 0.4) is 0 Å². The molecule has 0 amide bonds. The van der Waals surface area contributed by atoms with E-state index in [2.05, 4.69) is 28.4 Å². The van der Waals surface area contributed by atoms with Crippen molar-refractivity contribution in [1.29, 1.82) is 0 Å². The van der Waals surface area contributed by atoms with E-state index in [-0.39, 0.29) is 0 Å². The van der Waals surface area contributed by atoms with Crippen LogP contribution in [0.1, 0.15) is 50.5 Å². The van der Waals surface area contributed by atoms with Crippen molar-refractivity contribution in [2.24, 2.45) is 0 Å². The Kier molecular flexibility index (Phi) is 3.66. The number of likely N-dealkylation sites (tertiary alicyclic amines) is 1. The third kappa shape index (κ3) is 2.93. The normalized spacial score (nSPS) is 24.8. The lowest BCUT2D eigenvalue weighted by Crippen LogP contribution is -2.27. The highest BCUT2D eigenvalue weighted by Crippen LogP contribution is 2.23. The molecule has 2 heterocycles. The van der Waals surface area contributed by atoms with Crippen LogP contribution in [-0.4, -0.2) is 28.7 Å². The summed E-state index contributed by atoms with van der Waals surface area (Å²) >= 11 is 0. The van der Waals surface area contributed by atoms with Gasteiger partial charge in [0.2, 0.25) is 0 Å². The van der Waals surface area contributed by atoms with Crippen molar-refractivity contribution in [3.05, 3.63) is 17.5 Å². The zero-order valence-corrected chi connectivity index (χ0v) is 11.2. The van der Waals surface area contributed by atoms with Crippen LogP contribution < -0.4 is 5.32 Å².